The summed E-state index contributed by atoms with van der Waals surface area (Å²) in [5.74, 6) is -0.242. The van der Waals surface area contributed by atoms with Gasteiger partial charge in [-0.05, 0) is 61.4 Å². The van der Waals surface area contributed by atoms with Gasteiger partial charge >= 0.3 is 0 Å². The summed E-state index contributed by atoms with van der Waals surface area (Å²) in [6.07, 6.45) is 0.771. The predicted octanol–water partition coefficient (Wildman–Crippen LogP) is 5.42. The van der Waals surface area contributed by atoms with Crippen LogP contribution >= 0.6 is 0 Å². The largest absolute Gasteiger partial charge is 0.378 e. The first kappa shape index (κ1) is 17.3. The van der Waals surface area contributed by atoms with Gasteiger partial charge in [-0.2, -0.15) is 0 Å². The highest BCUT2D eigenvalue weighted by Gasteiger charge is 2.33. The quantitative estimate of drug-likeness (QED) is 0.676. The van der Waals surface area contributed by atoms with Crippen molar-refractivity contribution in [2.45, 2.75) is 25.4 Å². The topological polar surface area (TPSA) is 32.3 Å². The molecular weight excluding hydrogens is 339 g/mol. The number of amides is 1. The van der Waals surface area contributed by atoms with Gasteiger partial charge in [0.25, 0.3) is 5.91 Å². The highest BCUT2D eigenvalue weighted by molar-refractivity contribution is 6.07. The molecule has 0 fully saturated rings. The summed E-state index contributed by atoms with van der Waals surface area (Å²) in [5.41, 5.74) is 3.55. The molecule has 3 nitrogen and oxygen atoms in total. The Morgan fingerprint density at radius 1 is 0.963 bits per heavy atom. The van der Waals surface area contributed by atoms with Crippen molar-refractivity contribution in [1.82, 2.24) is 0 Å². The van der Waals surface area contributed by atoms with Crippen LogP contribution in [0.1, 0.15) is 35.3 Å². The number of rotatable bonds is 3. The lowest BCUT2D eigenvalue weighted by Crippen LogP contribution is -2.44. The van der Waals surface area contributed by atoms with E-state index in [4.69, 9.17) is 0 Å². The SMILES string of the molecule is C[C@H]1C[C@@H](Nc2ccc(F)cc2)c2ccccc2N1C(=O)c1ccccc1. The van der Waals surface area contributed by atoms with Crippen LogP contribution in [0.15, 0.2) is 78.9 Å². The maximum Gasteiger partial charge on any atom is 0.258 e. The molecule has 0 unspecified atom stereocenters. The number of hydrogen-bond donors (Lipinski definition) is 1. The minimum atomic E-state index is -0.252. The van der Waals surface area contributed by atoms with Crippen LogP contribution in [-0.2, 0) is 0 Å². The number of halogens is 1. The van der Waals surface area contributed by atoms with E-state index in [1.165, 1.54) is 12.1 Å². The van der Waals surface area contributed by atoms with Crippen molar-refractivity contribution in [2.24, 2.45) is 0 Å². The second-order valence-corrected chi connectivity index (χ2v) is 6.89. The van der Waals surface area contributed by atoms with E-state index in [1.807, 2.05) is 59.5 Å². The zero-order valence-electron chi connectivity index (χ0n) is 15.1. The van der Waals surface area contributed by atoms with Crippen molar-refractivity contribution in [2.75, 3.05) is 10.2 Å². The van der Waals surface area contributed by atoms with Gasteiger partial charge in [0, 0.05) is 23.0 Å². The second-order valence-electron chi connectivity index (χ2n) is 6.89. The molecule has 2 atom stereocenters. The first-order chi connectivity index (χ1) is 13.1. The number of benzene rings is 3. The highest BCUT2D eigenvalue weighted by Crippen LogP contribution is 2.39. The number of anilines is 2. The average Bonchev–Trinajstić information content (AvgIpc) is 2.70. The maximum atomic E-state index is 13.2. The van der Waals surface area contributed by atoms with Gasteiger partial charge in [0.05, 0.1) is 6.04 Å². The lowest BCUT2D eigenvalue weighted by molar-refractivity contribution is 0.0974. The van der Waals surface area contributed by atoms with Crippen molar-refractivity contribution in [1.29, 1.82) is 0 Å². The van der Waals surface area contributed by atoms with E-state index in [9.17, 15) is 9.18 Å². The van der Waals surface area contributed by atoms with Crippen molar-refractivity contribution in [3.63, 3.8) is 0 Å². The minimum Gasteiger partial charge on any atom is -0.378 e. The fraction of sp³-hybridized carbons (Fsp3) is 0.174. The van der Waals surface area contributed by atoms with Gasteiger partial charge in [0.2, 0.25) is 0 Å². The van der Waals surface area contributed by atoms with Gasteiger partial charge in [-0.25, -0.2) is 4.39 Å². The van der Waals surface area contributed by atoms with E-state index >= 15 is 0 Å². The lowest BCUT2D eigenvalue weighted by Gasteiger charge is -2.40. The van der Waals surface area contributed by atoms with Crippen LogP contribution in [0, 0.1) is 5.82 Å². The van der Waals surface area contributed by atoms with Crippen LogP contribution in [0.25, 0.3) is 0 Å². The van der Waals surface area contributed by atoms with Gasteiger partial charge in [0.15, 0.2) is 0 Å². The Morgan fingerprint density at radius 3 is 2.37 bits per heavy atom. The molecule has 0 aromatic heterocycles. The number of hydrogen-bond acceptors (Lipinski definition) is 2. The van der Waals surface area contributed by atoms with Crippen LogP contribution in [0.3, 0.4) is 0 Å². The van der Waals surface area contributed by atoms with Gasteiger partial charge < -0.3 is 10.2 Å². The fourth-order valence-corrected chi connectivity index (χ4v) is 3.73. The predicted molar refractivity (Wildman–Crippen MR) is 107 cm³/mol. The standard InChI is InChI=1S/C23H21FN2O/c1-16-15-21(25-19-13-11-18(24)12-14-19)20-9-5-6-10-22(20)26(16)23(27)17-7-3-2-4-8-17/h2-14,16,21,25H,15H2,1H3/t16-,21+/m0/s1. The van der Waals surface area contributed by atoms with Crippen LogP contribution in [0.2, 0.25) is 0 Å². The van der Waals surface area contributed by atoms with Crippen molar-refractivity contribution in [3.05, 3.63) is 95.8 Å². The van der Waals surface area contributed by atoms with E-state index < -0.39 is 0 Å². The Hall–Kier alpha value is -3.14. The Kier molecular flexibility index (Phi) is 4.63. The molecule has 4 rings (SSSR count). The lowest BCUT2D eigenvalue weighted by atomic mass is 9.90. The Labute approximate surface area is 158 Å². The summed E-state index contributed by atoms with van der Waals surface area (Å²) in [6, 6.07) is 23.8. The van der Waals surface area contributed by atoms with Crippen LogP contribution in [0.5, 0.6) is 0 Å². The molecule has 3 aromatic carbocycles. The van der Waals surface area contributed by atoms with Crippen LogP contribution in [0.4, 0.5) is 15.8 Å². The van der Waals surface area contributed by atoms with Crippen molar-refractivity contribution >= 4 is 17.3 Å². The molecule has 0 saturated heterocycles. The van der Waals surface area contributed by atoms with Gasteiger partial charge in [0.1, 0.15) is 5.82 Å². The molecule has 136 valence electrons. The fourth-order valence-electron chi connectivity index (χ4n) is 3.73. The number of carbonyl (C=O) groups excluding carboxylic acids is 1. The normalized spacial score (nSPS) is 18.7. The maximum absolute atomic E-state index is 13.2. The van der Waals surface area contributed by atoms with Gasteiger partial charge in [-0.1, -0.05) is 36.4 Å². The summed E-state index contributed by atoms with van der Waals surface area (Å²) in [4.78, 5) is 15.0. The molecule has 1 N–H and O–H groups in total. The summed E-state index contributed by atoms with van der Waals surface area (Å²) < 4.78 is 13.2. The van der Waals surface area contributed by atoms with Gasteiger partial charge in [-0.3, -0.25) is 4.79 Å². The van der Waals surface area contributed by atoms with Crippen LogP contribution < -0.4 is 10.2 Å². The summed E-state index contributed by atoms with van der Waals surface area (Å²) in [7, 11) is 0. The Morgan fingerprint density at radius 2 is 1.63 bits per heavy atom. The molecule has 0 radical (unpaired) electrons. The van der Waals surface area contributed by atoms with Gasteiger partial charge in [-0.15, -0.1) is 0 Å². The first-order valence-corrected chi connectivity index (χ1v) is 9.13. The molecule has 0 spiro atoms. The first-order valence-electron chi connectivity index (χ1n) is 9.13. The number of nitrogens with zero attached hydrogens (tertiary/aromatic N) is 1. The Bertz CT molecular complexity index is 940. The van der Waals surface area contributed by atoms with E-state index in [1.54, 1.807) is 12.1 Å². The molecule has 1 heterocycles. The average molecular weight is 360 g/mol. The van der Waals surface area contributed by atoms with E-state index in [2.05, 4.69) is 12.2 Å². The minimum absolute atomic E-state index is 0.00998. The second kappa shape index (κ2) is 7.23. The van der Waals surface area contributed by atoms with E-state index in [-0.39, 0.29) is 23.8 Å². The number of nitrogens with one attached hydrogen (secondary N) is 1. The smallest absolute Gasteiger partial charge is 0.258 e. The zero-order valence-corrected chi connectivity index (χ0v) is 15.1. The molecule has 1 amide bonds. The van der Waals surface area contributed by atoms with E-state index in [0.29, 0.717) is 5.56 Å². The van der Waals surface area contributed by atoms with E-state index in [0.717, 1.165) is 23.4 Å². The molecule has 3 aromatic rings. The molecular formula is C23H21FN2O. The zero-order chi connectivity index (χ0) is 18.8. The molecule has 0 saturated carbocycles. The Balaban J connectivity index is 1.68. The number of para-hydroxylation sites is 1. The van der Waals surface area contributed by atoms with Crippen LogP contribution in [-0.4, -0.2) is 11.9 Å². The summed E-state index contributed by atoms with van der Waals surface area (Å²) in [6.45, 7) is 2.07. The molecule has 1 aliphatic heterocycles. The number of fused-ring (bicyclic) bond motifs is 1. The third kappa shape index (κ3) is 3.43. The van der Waals surface area contributed by atoms with Crippen molar-refractivity contribution in [3.8, 4) is 0 Å². The molecule has 0 bridgehead atoms. The molecule has 0 aliphatic carbocycles. The molecule has 1 aliphatic rings. The van der Waals surface area contributed by atoms with Crippen molar-refractivity contribution < 1.29 is 9.18 Å². The third-order valence-electron chi connectivity index (χ3n) is 5.01. The highest BCUT2D eigenvalue weighted by atomic mass is 19.1. The molecule has 27 heavy (non-hydrogen) atoms. The molecule has 4 heteroatoms. The third-order valence-corrected chi connectivity index (χ3v) is 5.01. The summed E-state index contributed by atoms with van der Waals surface area (Å²) in [5, 5.41) is 3.49. The number of carbonyl (C=O) groups is 1. The monoisotopic (exact) mass is 360 g/mol. The summed E-state index contributed by atoms with van der Waals surface area (Å²) >= 11 is 0.